The fourth-order valence-electron chi connectivity index (χ4n) is 3.61. The average molecular weight is 478 g/mol. The first kappa shape index (κ1) is 25.7. The number of rotatable bonds is 8. The molecule has 1 aromatic heterocycles. The highest BCUT2D eigenvalue weighted by Crippen LogP contribution is 2.20. The Hall–Kier alpha value is -3.94. The highest BCUT2D eigenvalue weighted by atomic mass is 19.1. The van der Waals surface area contributed by atoms with Gasteiger partial charge in [-0.2, -0.15) is 0 Å². The molecule has 2 aromatic rings. The lowest BCUT2D eigenvalue weighted by atomic mass is 10.0. The average Bonchev–Trinajstić information content (AvgIpc) is 3.17. The van der Waals surface area contributed by atoms with E-state index in [4.69, 9.17) is 4.74 Å². The molecule has 1 aliphatic rings. The number of aliphatic imine (C=N–C) groups is 1. The molecule has 2 heterocycles. The smallest absolute Gasteiger partial charge is 0.243 e. The molecule has 0 fully saturated rings. The molecule has 2 N–H and O–H groups in total. The number of halogens is 1. The molecule has 3 rings (SSSR count). The number of methoxy groups -OCH3 is 1. The zero-order valence-electron chi connectivity index (χ0n) is 20.5. The number of benzene rings is 1. The quantitative estimate of drug-likeness (QED) is 0.414. The molecule has 7 nitrogen and oxygen atoms in total. The van der Waals surface area contributed by atoms with Gasteiger partial charge in [-0.15, -0.1) is 0 Å². The third kappa shape index (κ3) is 7.53. The molecule has 0 atom stereocenters. The van der Waals surface area contributed by atoms with Gasteiger partial charge in [0.2, 0.25) is 5.91 Å². The van der Waals surface area contributed by atoms with E-state index >= 15 is 0 Å². The Labute approximate surface area is 205 Å². The van der Waals surface area contributed by atoms with Gasteiger partial charge >= 0.3 is 0 Å². The van der Waals surface area contributed by atoms with Crippen molar-refractivity contribution in [1.29, 1.82) is 0 Å². The zero-order valence-corrected chi connectivity index (χ0v) is 20.5. The number of carbonyl (C=O) groups excluding carboxylic acids is 1. The van der Waals surface area contributed by atoms with Crippen LogP contribution in [0.4, 0.5) is 10.1 Å². The summed E-state index contributed by atoms with van der Waals surface area (Å²) >= 11 is 0. The Bertz CT molecular complexity index is 1170. The van der Waals surface area contributed by atoms with Gasteiger partial charge in [-0.05, 0) is 80.7 Å². The fraction of sp³-hybridized carbons (Fsp3) is 0.296. The maximum absolute atomic E-state index is 13.1. The van der Waals surface area contributed by atoms with Crippen molar-refractivity contribution in [2.45, 2.75) is 33.1 Å². The normalized spacial score (nSPS) is 16.2. The van der Waals surface area contributed by atoms with E-state index in [1.165, 1.54) is 24.3 Å². The highest BCUT2D eigenvalue weighted by molar-refractivity contribution is 6.02. The van der Waals surface area contributed by atoms with E-state index in [0.29, 0.717) is 23.8 Å². The predicted molar refractivity (Wildman–Crippen MR) is 138 cm³/mol. The van der Waals surface area contributed by atoms with Crippen molar-refractivity contribution >= 4 is 23.1 Å². The Morgan fingerprint density at radius 1 is 1.29 bits per heavy atom. The first-order chi connectivity index (χ1) is 16.9. The summed E-state index contributed by atoms with van der Waals surface area (Å²) in [6.07, 6.45) is 12.2. The number of ether oxygens (including phenoxy) is 1. The monoisotopic (exact) mass is 477 g/mol. The minimum atomic E-state index is -0.350. The largest absolute Gasteiger partial charge is 0.495 e. The second kappa shape index (κ2) is 12.5. The first-order valence-electron chi connectivity index (χ1n) is 11.5. The van der Waals surface area contributed by atoms with Crippen LogP contribution in [0.2, 0.25) is 0 Å². The van der Waals surface area contributed by atoms with Crippen molar-refractivity contribution in [1.82, 2.24) is 14.9 Å². The molecule has 0 radical (unpaired) electrons. The molecule has 8 heteroatoms. The van der Waals surface area contributed by atoms with Crippen LogP contribution in [-0.2, 0) is 9.53 Å². The van der Waals surface area contributed by atoms with Crippen molar-refractivity contribution < 1.29 is 13.9 Å². The number of imidazole rings is 1. The Morgan fingerprint density at radius 3 is 2.71 bits per heavy atom. The molecule has 0 saturated heterocycles. The summed E-state index contributed by atoms with van der Waals surface area (Å²) in [6, 6.07) is 5.66. The molecule has 0 bridgehead atoms. The van der Waals surface area contributed by atoms with Gasteiger partial charge in [0, 0.05) is 18.4 Å². The number of nitrogens with one attached hydrogen (secondary N) is 2. The molecule has 0 unspecified atom stereocenters. The number of aromatic nitrogens is 2. The second-order valence-corrected chi connectivity index (χ2v) is 8.19. The molecular formula is C27H32FN5O2. The predicted octanol–water partition coefficient (Wildman–Crippen LogP) is 5.02. The van der Waals surface area contributed by atoms with Crippen molar-refractivity contribution in [3.63, 3.8) is 0 Å². The number of anilines is 1. The summed E-state index contributed by atoms with van der Waals surface area (Å²) in [7, 11) is 1.63. The number of amides is 1. The lowest BCUT2D eigenvalue weighted by Gasteiger charge is -2.13. The SMILES string of the molecule is C=CC(=C\C(OC)=C(/C)n1cnc(C)c1)/C=C1\CCCCN=C1NCC(=O)Nc1ccc(F)cc1. The van der Waals surface area contributed by atoms with Crippen LogP contribution in [0.5, 0.6) is 0 Å². The molecule has 0 saturated carbocycles. The summed E-state index contributed by atoms with van der Waals surface area (Å²) in [5.74, 6) is 0.789. The van der Waals surface area contributed by atoms with Crippen molar-refractivity contribution in [2.75, 3.05) is 25.5 Å². The van der Waals surface area contributed by atoms with Gasteiger partial charge in [0.1, 0.15) is 17.4 Å². The van der Waals surface area contributed by atoms with Crippen molar-refractivity contribution in [3.8, 4) is 0 Å². The van der Waals surface area contributed by atoms with E-state index in [2.05, 4.69) is 27.2 Å². The summed E-state index contributed by atoms with van der Waals surface area (Å²) in [5, 5.41) is 5.92. The number of hydrogen-bond acceptors (Lipinski definition) is 5. The summed E-state index contributed by atoms with van der Waals surface area (Å²) in [4.78, 5) is 21.3. The van der Waals surface area contributed by atoms with E-state index in [-0.39, 0.29) is 18.3 Å². The molecule has 35 heavy (non-hydrogen) atoms. The van der Waals surface area contributed by atoms with Crippen LogP contribution in [0.1, 0.15) is 31.9 Å². The van der Waals surface area contributed by atoms with E-state index in [1.807, 2.05) is 36.8 Å². The van der Waals surface area contributed by atoms with Crippen molar-refractivity contribution in [2.24, 2.45) is 4.99 Å². The zero-order chi connectivity index (χ0) is 25.2. The molecule has 1 amide bonds. The van der Waals surface area contributed by atoms with E-state index in [9.17, 15) is 9.18 Å². The van der Waals surface area contributed by atoms with Crippen molar-refractivity contribution in [3.05, 3.63) is 90.0 Å². The fourth-order valence-corrected chi connectivity index (χ4v) is 3.61. The number of hydrogen-bond donors (Lipinski definition) is 2. The topological polar surface area (TPSA) is 80.5 Å². The van der Waals surface area contributed by atoms with Crippen LogP contribution >= 0.6 is 0 Å². The van der Waals surface area contributed by atoms with E-state index in [1.54, 1.807) is 19.5 Å². The van der Waals surface area contributed by atoms with Gasteiger partial charge in [-0.3, -0.25) is 9.79 Å². The van der Waals surface area contributed by atoms with Crippen LogP contribution in [0.15, 0.2) is 83.5 Å². The highest BCUT2D eigenvalue weighted by Gasteiger charge is 2.13. The summed E-state index contributed by atoms with van der Waals surface area (Å²) in [5.41, 5.74) is 4.21. The summed E-state index contributed by atoms with van der Waals surface area (Å²) < 4.78 is 20.7. The van der Waals surface area contributed by atoms with Gasteiger partial charge < -0.3 is 19.9 Å². The molecular weight excluding hydrogens is 445 g/mol. The number of carbonyl (C=O) groups is 1. The van der Waals surface area contributed by atoms with Gasteiger partial charge in [-0.1, -0.05) is 12.7 Å². The van der Waals surface area contributed by atoms with Gasteiger partial charge in [-0.25, -0.2) is 9.37 Å². The summed E-state index contributed by atoms with van der Waals surface area (Å²) in [6.45, 7) is 8.60. The molecule has 184 valence electrons. The van der Waals surface area contributed by atoms with Crippen LogP contribution in [0.3, 0.4) is 0 Å². The van der Waals surface area contributed by atoms with Crippen LogP contribution < -0.4 is 10.6 Å². The molecule has 1 aromatic carbocycles. The minimum Gasteiger partial charge on any atom is -0.495 e. The number of allylic oxidation sites excluding steroid dienone is 5. The standard InChI is InChI=1S/C27H32FN5O2/c1-5-21(15-25(35-4)20(3)33-17-19(2)31-18-33)14-22-8-6-7-13-29-27(22)30-16-26(34)32-24-11-9-23(28)10-12-24/h5,9-12,14-15,17-18H,1,6-8,13,16H2,2-4H3,(H,29,30)(H,32,34)/b21-15+,22-14+,25-20-. The van der Waals surface area contributed by atoms with E-state index in [0.717, 1.165) is 41.8 Å². The Morgan fingerprint density at radius 2 is 2.06 bits per heavy atom. The Kier molecular flexibility index (Phi) is 9.17. The third-order valence-electron chi connectivity index (χ3n) is 5.52. The number of nitrogens with zero attached hydrogens (tertiary/aromatic N) is 3. The lowest BCUT2D eigenvalue weighted by Crippen LogP contribution is -2.34. The van der Waals surface area contributed by atoms with Gasteiger partial charge in [0.25, 0.3) is 0 Å². The van der Waals surface area contributed by atoms with Gasteiger partial charge in [0.05, 0.1) is 31.4 Å². The lowest BCUT2D eigenvalue weighted by molar-refractivity contribution is -0.115. The van der Waals surface area contributed by atoms with Crippen LogP contribution in [0, 0.1) is 12.7 Å². The minimum absolute atomic E-state index is 0.0446. The Balaban J connectivity index is 1.77. The second-order valence-electron chi connectivity index (χ2n) is 8.19. The maximum Gasteiger partial charge on any atom is 0.243 e. The maximum atomic E-state index is 13.1. The first-order valence-corrected chi connectivity index (χ1v) is 11.5. The van der Waals surface area contributed by atoms with Crippen LogP contribution in [0.25, 0.3) is 5.70 Å². The van der Waals surface area contributed by atoms with E-state index < -0.39 is 0 Å². The van der Waals surface area contributed by atoms with Gasteiger partial charge in [0.15, 0.2) is 0 Å². The third-order valence-corrected chi connectivity index (χ3v) is 5.52. The number of amidine groups is 1. The molecule has 0 aliphatic carbocycles. The molecule has 1 aliphatic heterocycles. The van der Waals surface area contributed by atoms with Crippen LogP contribution in [-0.4, -0.2) is 41.5 Å². The molecule has 0 spiro atoms. The number of aryl methyl sites for hydroxylation is 1.